The number of amides is 1. The number of halogens is 3. The molecule has 0 aromatic heterocycles. The number of hydrogen-bond donors (Lipinski definition) is 2. The van der Waals surface area contributed by atoms with Gasteiger partial charge in [-0.25, -0.2) is 13.1 Å². The molecule has 180 valence electrons. The number of nitrogens with zero attached hydrogens (tertiary/aromatic N) is 1. The molecule has 10 heteroatoms. The van der Waals surface area contributed by atoms with Gasteiger partial charge in [-0.2, -0.15) is 13.2 Å². The van der Waals surface area contributed by atoms with Gasteiger partial charge in [0.1, 0.15) is 6.04 Å². The summed E-state index contributed by atoms with van der Waals surface area (Å²) in [6.45, 7) is 5.77. The Labute approximate surface area is 188 Å². The average molecular weight is 476 g/mol. The zero-order valence-electron chi connectivity index (χ0n) is 18.7. The van der Waals surface area contributed by atoms with Crippen LogP contribution in [0.1, 0.15) is 44.2 Å². The van der Waals surface area contributed by atoms with Gasteiger partial charge in [0.25, 0.3) is 0 Å². The number of carbonyl (C=O) groups excluding carboxylic acids is 1. The Hall–Kier alpha value is -1.65. The molecule has 1 amide bonds. The van der Waals surface area contributed by atoms with Gasteiger partial charge in [0, 0.05) is 25.7 Å². The minimum absolute atomic E-state index is 0.0602. The Morgan fingerprint density at radius 1 is 1.22 bits per heavy atom. The molecular weight excluding hydrogens is 443 g/mol. The summed E-state index contributed by atoms with van der Waals surface area (Å²) in [5.41, 5.74) is -0.0242. The first-order valence-corrected chi connectivity index (χ1v) is 12.9. The standard InChI is InChI=1S/C22H32F3N3O3S/c1-14(2)9-20(27-32(3,30)31)21(29)26-19-8-7-16-12-28(13-18(16)19)11-15-5-4-6-17(10-15)22(23,24)25/h4-6,10,14,16,18-20,27H,7-9,11-13H2,1-3H3,(H,26,29)/t16-,18?,19?,20+/m0/s1. The number of hydrogen-bond acceptors (Lipinski definition) is 4. The second-order valence-corrected chi connectivity index (χ2v) is 11.4. The first-order valence-electron chi connectivity index (χ1n) is 11.0. The summed E-state index contributed by atoms with van der Waals surface area (Å²) in [6.07, 6.45) is -1.16. The Morgan fingerprint density at radius 3 is 2.56 bits per heavy atom. The first-order chi connectivity index (χ1) is 14.8. The van der Waals surface area contributed by atoms with Crippen LogP contribution in [0.2, 0.25) is 0 Å². The van der Waals surface area contributed by atoms with Gasteiger partial charge < -0.3 is 5.32 Å². The van der Waals surface area contributed by atoms with Gasteiger partial charge in [-0.05, 0) is 48.6 Å². The van der Waals surface area contributed by atoms with Crippen molar-refractivity contribution < 1.29 is 26.4 Å². The quantitative estimate of drug-likeness (QED) is 0.606. The predicted octanol–water partition coefficient (Wildman–Crippen LogP) is 3.00. The third kappa shape index (κ3) is 6.68. The highest BCUT2D eigenvalue weighted by Gasteiger charge is 2.43. The lowest BCUT2D eigenvalue weighted by Gasteiger charge is -2.25. The Bertz CT molecular complexity index is 920. The highest BCUT2D eigenvalue weighted by Crippen LogP contribution is 2.39. The predicted molar refractivity (Wildman–Crippen MR) is 116 cm³/mol. The fourth-order valence-corrected chi connectivity index (χ4v) is 5.71. The molecule has 3 rings (SSSR count). The van der Waals surface area contributed by atoms with Crippen molar-refractivity contribution in [3.8, 4) is 0 Å². The lowest BCUT2D eigenvalue weighted by molar-refractivity contribution is -0.137. The zero-order valence-corrected chi connectivity index (χ0v) is 19.5. The van der Waals surface area contributed by atoms with Crippen molar-refractivity contribution in [2.45, 2.75) is 57.9 Å². The number of carbonyl (C=O) groups is 1. The van der Waals surface area contributed by atoms with E-state index in [1.54, 1.807) is 6.07 Å². The van der Waals surface area contributed by atoms with Gasteiger partial charge in [-0.1, -0.05) is 32.0 Å². The molecule has 1 aliphatic carbocycles. The van der Waals surface area contributed by atoms with Crippen molar-refractivity contribution >= 4 is 15.9 Å². The van der Waals surface area contributed by atoms with Gasteiger partial charge in [-0.15, -0.1) is 0 Å². The van der Waals surface area contributed by atoms with Crippen molar-refractivity contribution in [2.75, 3.05) is 19.3 Å². The summed E-state index contributed by atoms with van der Waals surface area (Å²) in [7, 11) is -3.52. The van der Waals surface area contributed by atoms with Crippen LogP contribution in [0.3, 0.4) is 0 Å². The molecule has 1 heterocycles. The zero-order chi connectivity index (χ0) is 23.7. The molecule has 0 radical (unpaired) electrons. The van der Waals surface area contributed by atoms with E-state index in [9.17, 15) is 26.4 Å². The van der Waals surface area contributed by atoms with Crippen molar-refractivity contribution in [3.05, 3.63) is 35.4 Å². The molecule has 0 spiro atoms. The molecular formula is C22H32F3N3O3S. The van der Waals surface area contributed by atoms with Gasteiger partial charge in [0.2, 0.25) is 15.9 Å². The second kappa shape index (κ2) is 9.69. The highest BCUT2D eigenvalue weighted by molar-refractivity contribution is 7.88. The number of fused-ring (bicyclic) bond motifs is 1. The average Bonchev–Trinajstić information content (AvgIpc) is 3.20. The monoisotopic (exact) mass is 475 g/mol. The maximum Gasteiger partial charge on any atom is 0.416 e. The summed E-state index contributed by atoms with van der Waals surface area (Å²) < 4.78 is 64.8. The molecule has 2 aliphatic rings. The van der Waals surface area contributed by atoms with E-state index >= 15 is 0 Å². The van der Waals surface area contributed by atoms with E-state index in [0.717, 1.165) is 31.7 Å². The van der Waals surface area contributed by atoms with Crippen LogP contribution < -0.4 is 10.0 Å². The van der Waals surface area contributed by atoms with Crippen LogP contribution in [-0.2, 0) is 27.5 Å². The number of nitrogens with one attached hydrogen (secondary N) is 2. The normalized spacial score (nSPS) is 25.2. The summed E-state index contributed by atoms with van der Waals surface area (Å²) in [5, 5.41) is 3.05. The van der Waals surface area contributed by atoms with Gasteiger partial charge >= 0.3 is 6.18 Å². The maximum atomic E-state index is 13.0. The van der Waals surface area contributed by atoms with E-state index in [4.69, 9.17) is 0 Å². The largest absolute Gasteiger partial charge is 0.416 e. The smallest absolute Gasteiger partial charge is 0.352 e. The fraction of sp³-hybridized carbons (Fsp3) is 0.682. The summed E-state index contributed by atoms with van der Waals surface area (Å²) in [5.74, 6) is 0.414. The maximum absolute atomic E-state index is 13.0. The van der Waals surface area contributed by atoms with Crippen LogP contribution in [0.5, 0.6) is 0 Å². The lowest BCUT2D eigenvalue weighted by atomic mass is 9.97. The minimum atomic E-state index is -4.36. The third-order valence-corrected chi connectivity index (χ3v) is 7.01. The molecule has 1 aromatic rings. The molecule has 32 heavy (non-hydrogen) atoms. The SMILES string of the molecule is CC(C)C[C@@H](NS(C)(=O)=O)C(=O)NC1CC[C@H]2CN(Cc3cccc(C(F)(F)F)c3)CC12. The van der Waals surface area contributed by atoms with Crippen LogP contribution in [0.25, 0.3) is 0 Å². The molecule has 2 unspecified atom stereocenters. The number of alkyl halides is 3. The topological polar surface area (TPSA) is 78.5 Å². The Balaban J connectivity index is 1.61. The van der Waals surface area contributed by atoms with E-state index in [1.807, 2.05) is 13.8 Å². The Morgan fingerprint density at radius 2 is 1.94 bits per heavy atom. The molecule has 2 N–H and O–H groups in total. The summed E-state index contributed by atoms with van der Waals surface area (Å²) >= 11 is 0. The van der Waals surface area contributed by atoms with E-state index in [-0.39, 0.29) is 23.8 Å². The van der Waals surface area contributed by atoms with Gasteiger partial charge in [0.05, 0.1) is 11.8 Å². The fourth-order valence-electron chi connectivity index (χ4n) is 4.99. The van der Waals surface area contributed by atoms with Crippen LogP contribution in [0, 0.1) is 17.8 Å². The van der Waals surface area contributed by atoms with E-state index in [2.05, 4.69) is 14.9 Å². The summed E-state index contributed by atoms with van der Waals surface area (Å²) in [6, 6.07) is 4.53. The van der Waals surface area contributed by atoms with Crippen molar-refractivity contribution in [2.24, 2.45) is 17.8 Å². The van der Waals surface area contributed by atoms with Gasteiger partial charge in [0.15, 0.2) is 0 Å². The van der Waals surface area contributed by atoms with Crippen molar-refractivity contribution in [1.29, 1.82) is 0 Å². The molecule has 1 saturated heterocycles. The summed E-state index contributed by atoms with van der Waals surface area (Å²) in [4.78, 5) is 15.0. The molecule has 1 aromatic carbocycles. The molecule has 1 saturated carbocycles. The second-order valence-electron chi connectivity index (χ2n) is 9.58. The number of sulfonamides is 1. The Kier molecular flexibility index (Phi) is 7.56. The van der Waals surface area contributed by atoms with Crippen molar-refractivity contribution in [3.63, 3.8) is 0 Å². The van der Waals surface area contributed by atoms with E-state index in [1.165, 1.54) is 12.1 Å². The molecule has 0 bridgehead atoms. The van der Waals surface area contributed by atoms with E-state index in [0.29, 0.717) is 31.0 Å². The third-order valence-electron chi connectivity index (χ3n) is 6.30. The molecule has 2 fully saturated rings. The molecule has 6 nitrogen and oxygen atoms in total. The first kappa shape index (κ1) is 25.0. The minimum Gasteiger partial charge on any atom is -0.352 e. The van der Waals surface area contributed by atoms with Gasteiger partial charge in [-0.3, -0.25) is 9.69 Å². The lowest BCUT2D eigenvalue weighted by Crippen LogP contribution is -2.51. The van der Waals surface area contributed by atoms with E-state index < -0.39 is 27.8 Å². The molecule has 1 aliphatic heterocycles. The van der Waals surface area contributed by atoms with Crippen LogP contribution in [0.15, 0.2) is 24.3 Å². The molecule has 4 atom stereocenters. The number of rotatable bonds is 8. The van der Waals surface area contributed by atoms with Crippen LogP contribution in [-0.4, -0.2) is 50.7 Å². The van der Waals surface area contributed by atoms with Crippen LogP contribution in [0.4, 0.5) is 13.2 Å². The van der Waals surface area contributed by atoms with Crippen molar-refractivity contribution in [1.82, 2.24) is 14.9 Å². The number of likely N-dealkylation sites (tertiary alicyclic amines) is 1. The highest BCUT2D eigenvalue weighted by atomic mass is 32.2. The number of benzene rings is 1. The van der Waals surface area contributed by atoms with Crippen LogP contribution >= 0.6 is 0 Å².